The quantitative estimate of drug-likeness (QED) is 0.664. The number of benzene rings is 2. The number of hydrogen-bond donors (Lipinski definition) is 2. The first-order valence-corrected chi connectivity index (χ1v) is 8.64. The molecule has 4 nitrogen and oxygen atoms in total. The number of anilines is 1. The van der Waals surface area contributed by atoms with Crippen LogP contribution in [0.2, 0.25) is 0 Å². The van der Waals surface area contributed by atoms with E-state index >= 15 is 0 Å². The second-order valence-corrected chi connectivity index (χ2v) is 6.04. The topological polar surface area (TPSA) is 58.0 Å². The van der Waals surface area contributed by atoms with Crippen LogP contribution in [0.1, 0.15) is 36.9 Å². The summed E-state index contributed by atoms with van der Waals surface area (Å²) >= 11 is 0. The molecule has 0 saturated heterocycles. The summed E-state index contributed by atoms with van der Waals surface area (Å²) in [5.41, 5.74) is 3.94. The van der Waals surface area contributed by atoms with E-state index in [1.807, 2.05) is 30.3 Å². The summed E-state index contributed by atoms with van der Waals surface area (Å²) < 4.78 is 0. The fraction of sp³-hybridized carbons (Fsp3) is 0.238. The molecular weight excluding hydrogens is 310 g/mol. The molecule has 2 N–H and O–H groups in total. The lowest BCUT2D eigenvalue weighted by atomic mass is 10.0. The van der Waals surface area contributed by atoms with Crippen molar-refractivity contribution < 1.29 is 5.11 Å². The Hall–Kier alpha value is -2.72. The van der Waals surface area contributed by atoms with E-state index in [-0.39, 0.29) is 12.6 Å². The Labute approximate surface area is 148 Å². The molecule has 1 unspecified atom stereocenters. The van der Waals surface area contributed by atoms with E-state index in [4.69, 9.17) is 10.1 Å². The molecule has 0 aliphatic heterocycles. The van der Waals surface area contributed by atoms with Crippen LogP contribution in [0.15, 0.2) is 67.0 Å². The smallest absolute Gasteiger partial charge is 0.145 e. The molecule has 1 aromatic heterocycles. The fourth-order valence-corrected chi connectivity index (χ4v) is 2.83. The highest BCUT2D eigenvalue weighted by atomic mass is 16.3. The molecule has 0 radical (unpaired) electrons. The fourth-order valence-electron chi connectivity index (χ4n) is 2.83. The Morgan fingerprint density at radius 2 is 1.76 bits per heavy atom. The Bertz CT molecular complexity index is 788. The Morgan fingerprint density at radius 3 is 2.44 bits per heavy atom. The maximum absolute atomic E-state index is 9.16. The predicted molar refractivity (Wildman–Crippen MR) is 101 cm³/mol. The van der Waals surface area contributed by atoms with E-state index < -0.39 is 0 Å². The van der Waals surface area contributed by atoms with Crippen molar-refractivity contribution in [2.24, 2.45) is 0 Å². The van der Waals surface area contributed by atoms with Gasteiger partial charge in [0.25, 0.3) is 0 Å². The minimum absolute atomic E-state index is 0.0450. The third-order valence-corrected chi connectivity index (χ3v) is 4.17. The second-order valence-electron chi connectivity index (χ2n) is 6.04. The molecule has 4 heteroatoms. The maximum atomic E-state index is 9.16. The van der Waals surface area contributed by atoms with Gasteiger partial charge in [0.1, 0.15) is 5.82 Å². The van der Waals surface area contributed by atoms with Gasteiger partial charge in [0.15, 0.2) is 0 Å². The van der Waals surface area contributed by atoms with Gasteiger partial charge < -0.3 is 10.4 Å². The second kappa shape index (κ2) is 8.40. The van der Waals surface area contributed by atoms with Crippen molar-refractivity contribution in [3.63, 3.8) is 0 Å². The van der Waals surface area contributed by atoms with E-state index in [0.717, 1.165) is 35.5 Å². The van der Waals surface area contributed by atoms with Gasteiger partial charge in [0, 0.05) is 5.56 Å². The van der Waals surface area contributed by atoms with E-state index in [9.17, 15) is 0 Å². The van der Waals surface area contributed by atoms with Crippen LogP contribution in [0.25, 0.3) is 11.3 Å². The predicted octanol–water partition coefficient (Wildman–Crippen LogP) is 4.59. The molecule has 0 bridgehead atoms. The third kappa shape index (κ3) is 4.43. The first-order chi connectivity index (χ1) is 12.3. The number of nitrogens with zero attached hydrogens (tertiary/aromatic N) is 2. The highest BCUT2D eigenvalue weighted by molar-refractivity contribution is 5.60. The van der Waals surface area contributed by atoms with Crippen LogP contribution in [0, 0.1) is 0 Å². The van der Waals surface area contributed by atoms with Crippen molar-refractivity contribution in [2.75, 3.05) is 5.32 Å². The molecular formula is C21H23N3O. The normalized spacial score (nSPS) is 11.9. The molecule has 1 heterocycles. The van der Waals surface area contributed by atoms with Crippen molar-refractivity contribution in [1.29, 1.82) is 0 Å². The van der Waals surface area contributed by atoms with Gasteiger partial charge in [0.05, 0.1) is 30.7 Å². The van der Waals surface area contributed by atoms with E-state index in [2.05, 4.69) is 41.5 Å². The van der Waals surface area contributed by atoms with Gasteiger partial charge in [-0.15, -0.1) is 0 Å². The van der Waals surface area contributed by atoms with E-state index in [1.165, 1.54) is 5.56 Å². The van der Waals surface area contributed by atoms with Gasteiger partial charge in [-0.1, -0.05) is 67.9 Å². The number of nitrogens with one attached hydrogen (secondary N) is 1. The number of aromatic nitrogens is 2. The molecule has 1 atom stereocenters. The first kappa shape index (κ1) is 17.1. The summed E-state index contributed by atoms with van der Waals surface area (Å²) in [4.78, 5) is 9.05. The molecule has 2 aromatic carbocycles. The lowest BCUT2D eigenvalue weighted by molar-refractivity contribution is 0.282. The zero-order chi connectivity index (χ0) is 17.5. The Kier molecular flexibility index (Phi) is 5.75. The summed E-state index contributed by atoms with van der Waals surface area (Å²) in [6, 6.07) is 18.4. The lowest BCUT2D eigenvalue weighted by Crippen LogP contribution is -2.12. The van der Waals surface area contributed by atoms with Crippen molar-refractivity contribution in [3.05, 3.63) is 78.1 Å². The summed E-state index contributed by atoms with van der Waals surface area (Å²) in [6.45, 7) is 2.23. The van der Waals surface area contributed by atoms with E-state index in [1.54, 1.807) is 12.4 Å². The van der Waals surface area contributed by atoms with Crippen LogP contribution in [0.5, 0.6) is 0 Å². The van der Waals surface area contributed by atoms with Gasteiger partial charge in [-0.05, 0) is 17.5 Å². The molecule has 3 aromatic rings. The van der Waals surface area contributed by atoms with Crippen molar-refractivity contribution >= 4 is 5.82 Å². The monoisotopic (exact) mass is 333 g/mol. The number of hydrogen-bond acceptors (Lipinski definition) is 4. The van der Waals surface area contributed by atoms with Crippen LogP contribution >= 0.6 is 0 Å². The van der Waals surface area contributed by atoms with Gasteiger partial charge in [-0.25, -0.2) is 4.98 Å². The zero-order valence-corrected chi connectivity index (χ0v) is 14.4. The molecule has 0 aliphatic carbocycles. The molecule has 0 spiro atoms. The first-order valence-electron chi connectivity index (χ1n) is 8.64. The highest BCUT2D eigenvalue weighted by Gasteiger charge is 2.11. The average Bonchev–Trinajstić information content (AvgIpc) is 2.69. The van der Waals surface area contributed by atoms with Crippen molar-refractivity contribution in [2.45, 2.75) is 32.4 Å². The number of rotatable bonds is 7. The SMILES string of the molecule is CCCC(Nc1cncc(-c2ccc(CO)cc2)n1)c1ccccc1. The van der Waals surface area contributed by atoms with Gasteiger partial charge in [-0.2, -0.15) is 0 Å². The minimum atomic E-state index is 0.0450. The summed E-state index contributed by atoms with van der Waals surface area (Å²) in [5.74, 6) is 0.769. The number of aliphatic hydroxyl groups is 1. The van der Waals surface area contributed by atoms with Crippen LogP contribution < -0.4 is 5.32 Å². The number of aliphatic hydroxyl groups excluding tert-OH is 1. The molecule has 0 aliphatic rings. The largest absolute Gasteiger partial charge is 0.392 e. The lowest BCUT2D eigenvalue weighted by Gasteiger charge is -2.19. The minimum Gasteiger partial charge on any atom is -0.392 e. The molecule has 25 heavy (non-hydrogen) atoms. The third-order valence-electron chi connectivity index (χ3n) is 4.17. The molecule has 3 rings (SSSR count). The molecule has 0 amide bonds. The van der Waals surface area contributed by atoms with Crippen molar-refractivity contribution in [3.8, 4) is 11.3 Å². The van der Waals surface area contributed by atoms with Crippen molar-refractivity contribution in [1.82, 2.24) is 9.97 Å². The standard InChI is InChI=1S/C21H23N3O/c1-2-6-19(17-7-4-3-5-8-17)23-21-14-22-13-20(24-21)18-11-9-16(15-25)10-12-18/h3-5,7-14,19,25H,2,6,15H2,1H3,(H,23,24). The van der Waals surface area contributed by atoms with Crippen LogP contribution in [0.3, 0.4) is 0 Å². The van der Waals surface area contributed by atoms with Gasteiger partial charge in [0.2, 0.25) is 0 Å². The molecule has 128 valence electrons. The van der Waals surface area contributed by atoms with Gasteiger partial charge >= 0.3 is 0 Å². The van der Waals surface area contributed by atoms with Gasteiger partial charge in [-0.3, -0.25) is 4.98 Å². The summed E-state index contributed by atoms with van der Waals surface area (Å²) in [5, 5.41) is 12.7. The van der Waals surface area contributed by atoms with Crippen LogP contribution in [-0.2, 0) is 6.61 Å². The van der Waals surface area contributed by atoms with Crippen LogP contribution in [-0.4, -0.2) is 15.1 Å². The van der Waals surface area contributed by atoms with E-state index in [0.29, 0.717) is 0 Å². The maximum Gasteiger partial charge on any atom is 0.145 e. The highest BCUT2D eigenvalue weighted by Crippen LogP contribution is 2.24. The molecule has 0 saturated carbocycles. The molecule has 0 fully saturated rings. The Balaban J connectivity index is 1.82. The summed E-state index contributed by atoms with van der Waals surface area (Å²) in [6.07, 6.45) is 5.64. The van der Waals surface area contributed by atoms with Crippen LogP contribution in [0.4, 0.5) is 5.82 Å². The zero-order valence-electron chi connectivity index (χ0n) is 14.4. The average molecular weight is 333 g/mol. The Morgan fingerprint density at radius 1 is 1.00 bits per heavy atom. The summed E-state index contributed by atoms with van der Waals surface area (Å²) in [7, 11) is 0.